The number of nitrogens with one attached hydrogen (secondary N) is 1. The van der Waals surface area contributed by atoms with E-state index in [-0.39, 0.29) is 28.3 Å². The summed E-state index contributed by atoms with van der Waals surface area (Å²) >= 11 is 0. The largest absolute Gasteiger partial charge is 0.469 e. The molecule has 5 heteroatoms. The van der Waals surface area contributed by atoms with Crippen LogP contribution in [-0.4, -0.2) is 47.4 Å². The highest BCUT2D eigenvalue weighted by molar-refractivity contribution is 5.80. The number of para-hydroxylation sites is 1. The molecule has 138 valence electrons. The van der Waals surface area contributed by atoms with Gasteiger partial charge in [-0.3, -0.25) is 9.69 Å². The van der Waals surface area contributed by atoms with Crippen molar-refractivity contribution in [3.63, 3.8) is 0 Å². The minimum absolute atomic E-state index is 0.0827. The molecule has 2 saturated heterocycles. The SMILES string of the molecule is COC(=O)[C@@H]1C[C@@]23CCCN4[C@H](O)C[C@@]5(c6ccccc6N[C@]15CC2)[C@@H]43. The summed E-state index contributed by atoms with van der Waals surface area (Å²) in [7, 11) is 1.52. The van der Waals surface area contributed by atoms with E-state index in [1.54, 1.807) is 0 Å². The molecule has 1 aromatic carbocycles. The number of anilines is 1. The molecule has 3 saturated carbocycles. The van der Waals surface area contributed by atoms with Gasteiger partial charge < -0.3 is 15.2 Å². The lowest BCUT2D eigenvalue weighted by atomic mass is 9.39. The number of rotatable bonds is 1. The molecule has 1 aromatic rings. The van der Waals surface area contributed by atoms with E-state index in [4.69, 9.17) is 4.74 Å². The average Bonchev–Trinajstić information content (AvgIpc) is 3.14. The molecule has 3 aliphatic carbocycles. The maximum atomic E-state index is 12.9. The lowest BCUT2D eigenvalue weighted by molar-refractivity contribution is -0.174. The third-order valence-corrected chi connectivity index (χ3v) is 8.63. The van der Waals surface area contributed by atoms with E-state index in [1.165, 1.54) is 12.7 Å². The number of hydrogen-bond donors (Lipinski definition) is 2. The number of ether oxygens (including phenoxy) is 1. The van der Waals surface area contributed by atoms with Gasteiger partial charge >= 0.3 is 5.97 Å². The van der Waals surface area contributed by atoms with Crippen molar-refractivity contribution in [3.05, 3.63) is 29.8 Å². The molecule has 6 aliphatic rings. The monoisotopic (exact) mass is 354 g/mol. The van der Waals surface area contributed by atoms with Crippen LogP contribution in [0.25, 0.3) is 0 Å². The molecular weight excluding hydrogens is 328 g/mol. The van der Waals surface area contributed by atoms with Crippen molar-refractivity contribution in [2.45, 2.75) is 61.7 Å². The first-order valence-corrected chi connectivity index (χ1v) is 9.97. The molecule has 0 unspecified atom stereocenters. The normalized spacial score (nSPS) is 47.7. The maximum absolute atomic E-state index is 12.9. The summed E-state index contributed by atoms with van der Waals surface area (Å²) in [6.07, 6.45) is 5.58. The first kappa shape index (κ1) is 15.5. The van der Waals surface area contributed by atoms with E-state index in [9.17, 15) is 9.90 Å². The van der Waals surface area contributed by atoms with Gasteiger partial charge in [0.1, 0.15) is 6.23 Å². The second-order valence-electron chi connectivity index (χ2n) is 9.18. The van der Waals surface area contributed by atoms with Gasteiger partial charge in [-0.1, -0.05) is 18.2 Å². The quantitative estimate of drug-likeness (QED) is 0.758. The highest BCUT2D eigenvalue weighted by Crippen LogP contribution is 2.74. The molecule has 3 aliphatic heterocycles. The molecule has 0 radical (unpaired) electrons. The Balaban J connectivity index is 1.66. The van der Waals surface area contributed by atoms with E-state index in [1.807, 2.05) is 0 Å². The molecule has 5 fully saturated rings. The number of aliphatic hydroxyl groups is 1. The van der Waals surface area contributed by atoms with E-state index in [0.717, 1.165) is 50.8 Å². The van der Waals surface area contributed by atoms with Crippen LogP contribution < -0.4 is 5.32 Å². The Morgan fingerprint density at radius 3 is 2.96 bits per heavy atom. The summed E-state index contributed by atoms with van der Waals surface area (Å²) in [5, 5.41) is 14.9. The molecule has 0 aromatic heterocycles. The highest BCUT2D eigenvalue weighted by Gasteiger charge is 2.80. The van der Waals surface area contributed by atoms with E-state index >= 15 is 0 Å². The highest BCUT2D eigenvalue weighted by atomic mass is 16.5. The summed E-state index contributed by atoms with van der Waals surface area (Å²) in [6, 6.07) is 8.86. The van der Waals surface area contributed by atoms with Gasteiger partial charge in [0.2, 0.25) is 0 Å². The Bertz CT molecular complexity index is 812. The molecule has 5 nitrogen and oxygen atoms in total. The minimum atomic E-state index is -0.415. The topological polar surface area (TPSA) is 61.8 Å². The zero-order valence-electron chi connectivity index (χ0n) is 15.2. The van der Waals surface area contributed by atoms with Crippen molar-refractivity contribution >= 4 is 11.7 Å². The number of esters is 1. The molecule has 6 atom stereocenters. The van der Waals surface area contributed by atoms with Crippen molar-refractivity contribution in [1.29, 1.82) is 0 Å². The maximum Gasteiger partial charge on any atom is 0.311 e. The van der Waals surface area contributed by atoms with Crippen molar-refractivity contribution in [1.82, 2.24) is 4.90 Å². The summed E-state index contributed by atoms with van der Waals surface area (Å²) in [4.78, 5) is 15.3. The number of fused-ring (bicyclic) bond motifs is 3. The van der Waals surface area contributed by atoms with Gasteiger partial charge in [-0.2, -0.15) is 0 Å². The number of benzene rings is 1. The average molecular weight is 354 g/mol. The van der Waals surface area contributed by atoms with Gasteiger partial charge in [0.25, 0.3) is 0 Å². The minimum Gasteiger partial charge on any atom is -0.469 e. The number of carbonyl (C=O) groups is 1. The number of nitrogens with zero attached hydrogens (tertiary/aromatic N) is 1. The number of hydrogen-bond acceptors (Lipinski definition) is 5. The molecule has 2 N–H and O–H groups in total. The van der Waals surface area contributed by atoms with Crippen LogP contribution in [0.2, 0.25) is 0 Å². The van der Waals surface area contributed by atoms with Gasteiger partial charge in [-0.15, -0.1) is 0 Å². The van der Waals surface area contributed by atoms with Crippen LogP contribution in [-0.2, 0) is 14.9 Å². The van der Waals surface area contributed by atoms with Crippen LogP contribution in [0.4, 0.5) is 5.69 Å². The van der Waals surface area contributed by atoms with Gasteiger partial charge in [0, 0.05) is 30.1 Å². The predicted octanol–water partition coefficient (Wildman–Crippen LogP) is 2.25. The molecule has 3 spiro atoms. The molecule has 7 rings (SSSR count). The molecule has 3 heterocycles. The fourth-order valence-corrected chi connectivity index (χ4v) is 8.02. The number of carbonyl (C=O) groups excluding carboxylic acids is 1. The molecule has 0 amide bonds. The van der Waals surface area contributed by atoms with Gasteiger partial charge in [0.05, 0.1) is 18.6 Å². The fourth-order valence-electron chi connectivity index (χ4n) is 8.02. The third-order valence-electron chi connectivity index (χ3n) is 8.63. The van der Waals surface area contributed by atoms with Crippen LogP contribution in [0.3, 0.4) is 0 Å². The van der Waals surface area contributed by atoms with E-state index in [0.29, 0.717) is 6.04 Å². The van der Waals surface area contributed by atoms with Crippen LogP contribution in [0.15, 0.2) is 24.3 Å². The van der Waals surface area contributed by atoms with Crippen molar-refractivity contribution in [2.75, 3.05) is 19.0 Å². The zero-order chi connectivity index (χ0) is 17.7. The summed E-state index contributed by atoms with van der Waals surface area (Å²) < 4.78 is 5.30. The molecule has 2 bridgehead atoms. The van der Waals surface area contributed by atoms with Crippen molar-refractivity contribution < 1.29 is 14.6 Å². The third kappa shape index (κ3) is 1.41. The predicted molar refractivity (Wildman–Crippen MR) is 96.6 cm³/mol. The molecular formula is C21H26N2O3. The Morgan fingerprint density at radius 1 is 1.27 bits per heavy atom. The smallest absolute Gasteiger partial charge is 0.311 e. The standard InChI is InChI=1S/C21H26N2O3/c1-26-17(25)14-11-19-7-4-10-23-16(24)12-20(18(19)23)13-5-2-3-6-15(13)22-21(14,20)9-8-19/h2-3,5-6,14,16,18,22,24H,4,7-12H2,1H3/t14-,16+,18-,19+,20+,21+/m0/s1. The second kappa shape index (κ2) is 4.63. The Morgan fingerprint density at radius 2 is 2.12 bits per heavy atom. The van der Waals surface area contributed by atoms with Crippen LogP contribution in [0.1, 0.15) is 44.1 Å². The number of piperidine rings is 1. The Labute approximate surface area is 153 Å². The van der Waals surface area contributed by atoms with Gasteiger partial charge in [-0.25, -0.2) is 0 Å². The van der Waals surface area contributed by atoms with Crippen LogP contribution >= 0.6 is 0 Å². The number of aliphatic hydroxyl groups excluding tert-OH is 1. The zero-order valence-corrected chi connectivity index (χ0v) is 15.2. The van der Waals surface area contributed by atoms with Crippen LogP contribution in [0.5, 0.6) is 0 Å². The van der Waals surface area contributed by atoms with Crippen molar-refractivity contribution in [2.24, 2.45) is 11.3 Å². The summed E-state index contributed by atoms with van der Waals surface area (Å²) in [5.74, 6) is -0.226. The van der Waals surface area contributed by atoms with Crippen LogP contribution in [0, 0.1) is 11.3 Å². The van der Waals surface area contributed by atoms with E-state index in [2.05, 4.69) is 34.5 Å². The van der Waals surface area contributed by atoms with Crippen molar-refractivity contribution in [3.8, 4) is 0 Å². The lowest BCUT2D eigenvalue weighted by Crippen LogP contribution is -2.76. The first-order valence-electron chi connectivity index (χ1n) is 9.97. The van der Waals surface area contributed by atoms with Gasteiger partial charge in [-0.05, 0) is 49.1 Å². The fraction of sp³-hybridized carbons (Fsp3) is 0.667. The summed E-state index contributed by atoms with van der Waals surface area (Å²) in [6.45, 7) is 0.969. The number of methoxy groups -OCH3 is 1. The second-order valence-corrected chi connectivity index (χ2v) is 9.18. The Kier molecular flexibility index (Phi) is 2.75. The van der Waals surface area contributed by atoms with E-state index < -0.39 is 6.23 Å². The molecule has 26 heavy (non-hydrogen) atoms. The summed E-state index contributed by atoms with van der Waals surface area (Å²) in [5.41, 5.74) is 2.06. The Hall–Kier alpha value is -1.59. The first-order chi connectivity index (χ1) is 12.6. The lowest BCUT2D eigenvalue weighted by Gasteiger charge is -2.68. The van der Waals surface area contributed by atoms with Gasteiger partial charge in [0.15, 0.2) is 0 Å².